The van der Waals surface area contributed by atoms with Gasteiger partial charge in [-0.2, -0.15) is 0 Å². The van der Waals surface area contributed by atoms with Crippen molar-refractivity contribution in [2.75, 3.05) is 18.0 Å². The van der Waals surface area contributed by atoms with Gasteiger partial charge in [0.2, 0.25) is 0 Å². The van der Waals surface area contributed by atoms with E-state index in [1.54, 1.807) is 6.08 Å². The molecular formula is C23H23N3O2S. The molecule has 1 fully saturated rings. The molecule has 2 heterocycles. The Bertz CT molecular complexity index is 1000. The van der Waals surface area contributed by atoms with Crippen LogP contribution in [0.5, 0.6) is 0 Å². The van der Waals surface area contributed by atoms with Crippen LogP contribution >= 0.6 is 12.2 Å². The van der Waals surface area contributed by atoms with Crippen LogP contribution in [0, 0.1) is 0 Å². The molecule has 0 unspecified atom stereocenters. The van der Waals surface area contributed by atoms with Crippen LogP contribution in [-0.2, 0) is 22.6 Å². The summed E-state index contributed by atoms with van der Waals surface area (Å²) in [7, 11) is 0. The molecule has 6 heteroatoms. The Balaban J connectivity index is 1.61. The lowest BCUT2D eigenvalue weighted by atomic mass is 9.97. The molecule has 0 bridgehead atoms. The molecule has 2 aromatic carbocycles. The van der Waals surface area contributed by atoms with Crippen LogP contribution < -0.4 is 10.2 Å². The van der Waals surface area contributed by atoms with Gasteiger partial charge < -0.3 is 4.90 Å². The van der Waals surface area contributed by atoms with E-state index in [0.29, 0.717) is 6.54 Å². The number of carbonyl (C=O) groups is 2. The number of carbonyl (C=O) groups excluding carboxylic acids is 2. The minimum absolute atomic E-state index is 0.123. The minimum Gasteiger partial charge on any atom is -0.367 e. The van der Waals surface area contributed by atoms with Crippen molar-refractivity contribution in [3.05, 3.63) is 70.8 Å². The van der Waals surface area contributed by atoms with Gasteiger partial charge in [0.05, 0.1) is 0 Å². The maximum atomic E-state index is 12.6. The average Bonchev–Trinajstić information content (AvgIpc) is 2.72. The van der Waals surface area contributed by atoms with Gasteiger partial charge in [0.1, 0.15) is 5.57 Å². The Morgan fingerprint density at radius 2 is 1.93 bits per heavy atom. The summed E-state index contributed by atoms with van der Waals surface area (Å²) in [6, 6.07) is 16.6. The Labute approximate surface area is 176 Å². The summed E-state index contributed by atoms with van der Waals surface area (Å²) in [6.07, 6.45) is 3.73. The Hall–Kier alpha value is -2.99. The van der Waals surface area contributed by atoms with Crippen LogP contribution in [0.25, 0.3) is 6.08 Å². The molecule has 0 atom stereocenters. The molecule has 29 heavy (non-hydrogen) atoms. The van der Waals surface area contributed by atoms with Crippen LogP contribution in [0.3, 0.4) is 0 Å². The van der Waals surface area contributed by atoms with Crippen molar-refractivity contribution < 1.29 is 9.59 Å². The first-order valence-electron chi connectivity index (χ1n) is 9.87. The third-order valence-electron chi connectivity index (χ3n) is 5.35. The topological polar surface area (TPSA) is 52.7 Å². The van der Waals surface area contributed by atoms with Gasteiger partial charge in [-0.25, -0.2) is 0 Å². The van der Waals surface area contributed by atoms with E-state index in [0.717, 1.165) is 31.5 Å². The van der Waals surface area contributed by atoms with Crippen molar-refractivity contribution in [3.8, 4) is 0 Å². The predicted octanol–water partition coefficient (Wildman–Crippen LogP) is 3.29. The highest BCUT2D eigenvalue weighted by molar-refractivity contribution is 7.80. The average molecular weight is 406 g/mol. The van der Waals surface area contributed by atoms with Crippen molar-refractivity contribution in [2.24, 2.45) is 0 Å². The largest absolute Gasteiger partial charge is 0.367 e. The number of rotatable bonds is 4. The van der Waals surface area contributed by atoms with Crippen molar-refractivity contribution >= 4 is 40.9 Å². The van der Waals surface area contributed by atoms with Gasteiger partial charge in [0.25, 0.3) is 11.8 Å². The monoisotopic (exact) mass is 405 g/mol. The molecule has 148 valence electrons. The Kier molecular flexibility index (Phi) is 5.45. The third-order valence-corrected chi connectivity index (χ3v) is 5.67. The Morgan fingerprint density at radius 1 is 1.14 bits per heavy atom. The first kappa shape index (κ1) is 19.3. The van der Waals surface area contributed by atoms with E-state index < -0.39 is 5.91 Å². The molecule has 1 saturated heterocycles. The fourth-order valence-corrected chi connectivity index (χ4v) is 4.21. The highest BCUT2D eigenvalue weighted by Gasteiger charge is 2.32. The number of benzene rings is 2. The molecule has 2 aliphatic heterocycles. The van der Waals surface area contributed by atoms with E-state index in [2.05, 4.69) is 46.6 Å². The summed E-state index contributed by atoms with van der Waals surface area (Å²) < 4.78 is 0. The van der Waals surface area contributed by atoms with Gasteiger partial charge in [-0.1, -0.05) is 36.4 Å². The molecule has 0 spiro atoms. The van der Waals surface area contributed by atoms with Crippen molar-refractivity contribution in [3.63, 3.8) is 0 Å². The molecule has 0 radical (unpaired) electrons. The standard InChI is InChI=1S/C23H23N3O2S/c1-2-26-22(28)19(21(27)24-23(26)29)14-17-10-11-20-18(13-17)9-6-12-25(20)15-16-7-4-3-5-8-16/h3-5,7-8,10-11,13-14H,2,6,9,12,15H2,1H3,(H,24,27,29)/b19-14+. The molecule has 0 aliphatic carbocycles. The van der Waals surface area contributed by atoms with E-state index in [4.69, 9.17) is 12.2 Å². The maximum Gasteiger partial charge on any atom is 0.265 e. The number of hydrogen-bond donors (Lipinski definition) is 1. The lowest BCUT2D eigenvalue weighted by molar-refractivity contribution is -0.128. The second-order valence-electron chi connectivity index (χ2n) is 7.27. The summed E-state index contributed by atoms with van der Waals surface area (Å²) in [5, 5.41) is 2.77. The number of anilines is 1. The minimum atomic E-state index is -0.437. The number of amides is 2. The first-order chi connectivity index (χ1) is 14.1. The van der Waals surface area contributed by atoms with E-state index in [-0.39, 0.29) is 16.6 Å². The molecule has 2 aliphatic rings. The van der Waals surface area contributed by atoms with E-state index in [1.165, 1.54) is 21.7 Å². The number of nitrogens with zero attached hydrogens (tertiary/aromatic N) is 2. The summed E-state index contributed by atoms with van der Waals surface area (Å²) in [5.41, 5.74) is 4.72. The van der Waals surface area contributed by atoms with Crippen LogP contribution in [0.2, 0.25) is 0 Å². The molecule has 2 aromatic rings. The highest BCUT2D eigenvalue weighted by atomic mass is 32.1. The predicted molar refractivity (Wildman–Crippen MR) is 118 cm³/mol. The first-order valence-corrected chi connectivity index (χ1v) is 10.3. The summed E-state index contributed by atoms with van der Waals surface area (Å²) in [4.78, 5) is 28.7. The molecule has 0 saturated carbocycles. The molecule has 2 amide bonds. The van der Waals surface area contributed by atoms with E-state index >= 15 is 0 Å². The summed E-state index contributed by atoms with van der Waals surface area (Å²) in [5.74, 6) is -0.780. The van der Waals surface area contributed by atoms with Gasteiger partial charge in [-0.3, -0.25) is 19.8 Å². The van der Waals surface area contributed by atoms with Gasteiger partial charge in [0, 0.05) is 25.3 Å². The van der Waals surface area contributed by atoms with Gasteiger partial charge >= 0.3 is 0 Å². The fourth-order valence-electron chi connectivity index (χ4n) is 3.90. The molecular weight excluding hydrogens is 382 g/mol. The zero-order valence-electron chi connectivity index (χ0n) is 16.4. The smallest absolute Gasteiger partial charge is 0.265 e. The normalized spacial score (nSPS) is 18.1. The highest BCUT2D eigenvalue weighted by Crippen LogP contribution is 2.30. The van der Waals surface area contributed by atoms with Crippen molar-refractivity contribution in [1.82, 2.24) is 10.2 Å². The van der Waals surface area contributed by atoms with Crippen LogP contribution in [0.1, 0.15) is 30.0 Å². The number of fused-ring (bicyclic) bond motifs is 1. The number of thiocarbonyl (C=S) groups is 1. The Morgan fingerprint density at radius 3 is 2.69 bits per heavy atom. The lowest BCUT2D eigenvalue weighted by Gasteiger charge is -2.32. The number of likely N-dealkylation sites (N-methyl/N-ethyl adjacent to an activating group) is 1. The van der Waals surface area contributed by atoms with Gasteiger partial charge in [0.15, 0.2) is 5.11 Å². The van der Waals surface area contributed by atoms with E-state index in [9.17, 15) is 9.59 Å². The van der Waals surface area contributed by atoms with Crippen molar-refractivity contribution in [1.29, 1.82) is 0 Å². The SMILES string of the molecule is CCN1C(=O)/C(=C/c2ccc3c(c2)CCCN3Cc2ccccc2)C(=O)NC1=S. The second kappa shape index (κ2) is 8.17. The molecule has 5 nitrogen and oxygen atoms in total. The van der Waals surface area contributed by atoms with Crippen molar-refractivity contribution in [2.45, 2.75) is 26.3 Å². The molecule has 1 N–H and O–H groups in total. The maximum absolute atomic E-state index is 12.6. The number of nitrogens with one attached hydrogen (secondary N) is 1. The summed E-state index contributed by atoms with van der Waals surface area (Å²) in [6.45, 7) is 4.15. The van der Waals surface area contributed by atoms with Gasteiger partial charge in [-0.15, -0.1) is 0 Å². The number of aryl methyl sites for hydroxylation is 1. The van der Waals surface area contributed by atoms with E-state index in [1.807, 2.05) is 19.1 Å². The fraction of sp³-hybridized carbons (Fsp3) is 0.261. The van der Waals surface area contributed by atoms with Crippen LogP contribution in [-0.4, -0.2) is 34.9 Å². The quantitative estimate of drug-likeness (QED) is 0.482. The molecule has 4 rings (SSSR count). The zero-order valence-corrected chi connectivity index (χ0v) is 17.2. The summed E-state index contributed by atoms with van der Waals surface area (Å²) >= 11 is 5.08. The van der Waals surface area contributed by atoms with Crippen LogP contribution in [0.15, 0.2) is 54.1 Å². The third kappa shape index (κ3) is 3.93. The van der Waals surface area contributed by atoms with Gasteiger partial charge in [-0.05, 0) is 66.9 Å². The zero-order chi connectivity index (χ0) is 20.4. The van der Waals surface area contributed by atoms with Crippen LogP contribution in [0.4, 0.5) is 5.69 Å². The molecule has 0 aromatic heterocycles. The lowest BCUT2D eigenvalue weighted by Crippen LogP contribution is -2.53. The second-order valence-corrected chi connectivity index (χ2v) is 7.65. The number of hydrogen-bond acceptors (Lipinski definition) is 4.